The number of nitro groups is 1. The van der Waals surface area contributed by atoms with Gasteiger partial charge in [-0.15, -0.1) is 11.8 Å². The summed E-state index contributed by atoms with van der Waals surface area (Å²) >= 11 is 2.55. The van der Waals surface area contributed by atoms with E-state index in [0.717, 1.165) is 21.2 Å². The van der Waals surface area contributed by atoms with E-state index in [-0.39, 0.29) is 22.4 Å². The Morgan fingerprint density at radius 2 is 2.27 bits per heavy atom. The van der Waals surface area contributed by atoms with E-state index in [0.29, 0.717) is 17.1 Å². The Kier molecular flexibility index (Phi) is 3.03. The quantitative estimate of drug-likeness (QED) is 0.608. The van der Waals surface area contributed by atoms with Crippen LogP contribution in [-0.2, 0) is 0 Å². The first kappa shape index (κ1) is 13.8. The highest BCUT2D eigenvalue weighted by Gasteiger charge is 2.44. The summed E-state index contributed by atoms with van der Waals surface area (Å²) in [6.45, 7) is 0. The second-order valence-electron chi connectivity index (χ2n) is 5.15. The summed E-state index contributed by atoms with van der Waals surface area (Å²) in [4.78, 5) is 25.6. The topological polar surface area (TPSA) is 105 Å². The van der Waals surface area contributed by atoms with E-state index in [2.05, 4.69) is 4.98 Å². The Hall–Kier alpha value is -1.84. The first-order chi connectivity index (χ1) is 10.5. The van der Waals surface area contributed by atoms with Crippen LogP contribution in [0.4, 0.5) is 5.69 Å². The van der Waals surface area contributed by atoms with Crippen molar-refractivity contribution in [1.82, 2.24) is 4.98 Å². The highest BCUT2D eigenvalue weighted by Crippen LogP contribution is 2.51. The maximum absolute atomic E-state index is 11.6. The number of nitrogens with one attached hydrogen (secondary N) is 1. The second kappa shape index (κ2) is 4.83. The number of aliphatic hydroxyl groups is 1. The van der Waals surface area contributed by atoms with Crippen LogP contribution >= 0.6 is 23.1 Å². The van der Waals surface area contributed by atoms with Gasteiger partial charge in [0, 0.05) is 40.2 Å². The monoisotopic (exact) mass is 338 g/mol. The van der Waals surface area contributed by atoms with Crippen LogP contribution in [0.3, 0.4) is 0 Å². The number of ether oxygens (including phenoxy) is 1. The number of aromatic amines is 1. The van der Waals surface area contributed by atoms with Crippen LogP contribution in [0.25, 0.3) is 0 Å². The van der Waals surface area contributed by atoms with Crippen molar-refractivity contribution in [2.24, 2.45) is 5.92 Å². The van der Waals surface area contributed by atoms with E-state index in [1.54, 1.807) is 0 Å². The van der Waals surface area contributed by atoms with Crippen molar-refractivity contribution >= 4 is 28.8 Å². The molecule has 0 saturated heterocycles. The van der Waals surface area contributed by atoms with Gasteiger partial charge in [0.1, 0.15) is 5.75 Å². The second-order valence-corrected chi connectivity index (χ2v) is 7.19. The van der Waals surface area contributed by atoms with E-state index < -0.39 is 11.2 Å². The average Bonchev–Trinajstić information content (AvgIpc) is 2.86. The van der Waals surface area contributed by atoms with Crippen molar-refractivity contribution in [3.05, 3.63) is 48.4 Å². The molecule has 2 N–H and O–H groups in total. The minimum absolute atomic E-state index is 0.0276. The highest BCUT2D eigenvalue weighted by molar-refractivity contribution is 7.99. The SMILES string of the molecule is O=c1[nH]c2c(s1)[C@H]1c3cc([N+](=O)[O-])ccc3O[C@H](O)[C@H]1CS2. The molecule has 0 unspecified atom stereocenters. The molecule has 3 heterocycles. The third kappa shape index (κ3) is 1.97. The first-order valence-electron chi connectivity index (χ1n) is 6.53. The number of thiazole rings is 1. The predicted octanol–water partition coefficient (Wildman–Crippen LogP) is 1.91. The lowest BCUT2D eigenvalue weighted by Crippen LogP contribution is -2.39. The van der Waals surface area contributed by atoms with E-state index in [1.165, 1.54) is 30.0 Å². The van der Waals surface area contributed by atoms with Gasteiger partial charge in [0.2, 0.25) is 6.29 Å². The summed E-state index contributed by atoms with van der Waals surface area (Å²) < 4.78 is 5.49. The van der Waals surface area contributed by atoms with Gasteiger partial charge in [0.05, 0.1) is 9.95 Å². The number of nitro benzene ring substituents is 1. The summed E-state index contributed by atoms with van der Waals surface area (Å²) in [5.41, 5.74) is 0.626. The number of thioether (sulfide) groups is 1. The number of hydrogen-bond donors (Lipinski definition) is 2. The molecule has 7 nitrogen and oxygen atoms in total. The minimum Gasteiger partial charge on any atom is -0.464 e. The number of benzene rings is 1. The van der Waals surface area contributed by atoms with Crippen LogP contribution in [-0.4, -0.2) is 27.1 Å². The molecule has 9 heteroatoms. The van der Waals surface area contributed by atoms with Gasteiger partial charge in [-0.3, -0.25) is 14.9 Å². The molecular weight excluding hydrogens is 328 g/mol. The van der Waals surface area contributed by atoms with E-state index in [1.807, 2.05) is 0 Å². The van der Waals surface area contributed by atoms with Crippen molar-refractivity contribution in [2.75, 3.05) is 5.75 Å². The van der Waals surface area contributed by atoms with Gasteiger partial charge in [0.25, 0.3) is 5.69 Å². The van der Waals surface area contributed by atoms with E-state index in [9.17, 15) is 20.0 Å². The van der Waals surface area contributed by atoms with Crippen molar-refractivity contribution in [3.8, 4) is 5.75 Å². The first-order valence-corrected chi connectivity index (χ1v) is 8.33. The Morgan fingerprint density at radius 3 is 3.05 bits per heavy atom. The molecule has 0 spiro atoms. The Balaban J connectivity index is 1.93. The third-order valence-electron chi connectivity index (χ3n) is 3.93. The summed E-state index contributed by atoms with van der Waals surface area (Å²) in [6.07, 6.45) is -0.989. The normalized spacial score (nSPS) is 25.6. The lowest BCUT2D eigenvalue weighted by Gasteiger charge is -2.38. The number of aromatic nitrogens is 1. The van der Waals surface area contributed by atoms with Gasteiger partial charge in [-0.25, -0.2) is 0 Å². The van der Waals surface area contributed by atoms with Crippen LogP contribution in [0.1, 0.15) is 16.4 Å². The molecule has 0 bridgehead atoms. The number of rotatable bonds is 1. The van der Waals surface area contributed by atoms with E-state index in [4.69, 9.17) is 4.74 Å². The van der Waals surface area contributed by atoms with Crippen LogP contribution in [0.2, 0.25) is 0 Å². The molecule has 114 valence electrons. The lowest BCUT2D eigenvalue weighted by molar-refractivity contribution is -0.385. The molecule has 0 fully saturated rings. The lowest BCUT2D eigenvalue weighted by atomic mass is 9.82. The van der Waals surface area contributed by atoms with Gasteiger partial charge in [-0.05, 0) is 6.07 Å². The molecule has 0 amide bonds. The maximum atomic E-state index is 11.6. The highest BCUT2D eigenvalue weighted by atomic mass is 32.2. The van der Waals surface area contributed by atoms with Gasteiger partial charge >= 0.3 is 4.87 Å². The molecule has 3 atom stereocenters. The summed E-state index contributed by atoms with van der Waals surface area (Å²) in [7, 11) is 0. The number of fused-ring (bicyclic) bond motifs is 5. The van der Waals surface area contributed by atoms with Crippen LogP contribution in [0.15, 0.2) is 28.0 Å². The van der Waals surface area contributed by atoms with Gasteiger partial charge in [0.15, 0.2) is 0 Å². The van der Waals surface area contributed by atoms with Crippen LogP contribution in [0.5, 0.6) is 5.75 Å². The molecule has 0 aliphatic carbocycles. The minimum atomic E-state index is -0.989. The van der Waals surface area contributed by atoms with Crippen LogP contribution in [0, 0.1) is 16.0 Å². The standard InChI is InChI=1S/C13H10N2O5S2/c16-12-7-4-21-11-10(22-13(17)14-11)9(7)6-3-5(15(18)19)1-2-8(6)20-12/h1-3,7,9,12,16H,4H2,(H,14,17)/t7-,9-,12-/m0/s1. The van der Waals surface area contributed by atoms with E-state index >= 15 is 0 Å². The fourth-order valence-corrected chi connectivity index (χ4v) is 5.39. The van der Waals surface area contributed by atoms with Gasteiger partial charge in [-0.2, -0.15) is 0 Å². The van der Waals surface area contributed by atoms with Crippen molar-refractivity contribution in [2.45, 2.75) is 17.2 Å². The molecule has 1 aromatic carbocycles. The fraction of sp³-hybridized carbons (Fsp3) is 0.308. The molecule has 4 rings (SSSR count). The number of non-ortho nitro benzene ring substituents is 1. The Morgan fingerprint density at radius 1 is 1.45 bits per heavy atom. The Labute approximate surface area is 132 Å². The fourth-order valence-electron chi connectivity index (χ4n) is 2.94. The molecule has 22 heavy (non-hydrogen) atoms. The molecule has 2 aliphatic heterocycles. The maximum Gasteiger partial charge on any atom is 0.305 e. The predicted molar refractivity (Wildman–Crippen MR) is 80.7 cm³/mol. The summed E-state index contributed by atoms with van der Waals surface area (Å²) in [5.74, 6) is 0.503. The largest absolute Gasteiger partial charge is 0.464 e. The summed E-state index contributed by atoms with van der Waals surface area (Å²) in [6, 6.07) is 4.33. The van der Waals surface area contributed by atoms with Gasteiger partial charge in [-0.1, -0.05) is 11.3 Å². The zero-order valence-corrected chi connectivity index (χ0v) is 12.6. The van der Waals surface area contributed by atoms with Crippen molar-refractivity contribution in [3.63, 3.8) is 0 Å². The molecule has 1 aromatic heterocycles. The molecule has 0 saturated carbocycles. The smallest absolute Gasteiger partial charge is 0.305 e. The van der Waals surface area contributed by atoms with Crippen LogP contribution < -0.4 is 9.61 Å². The summed E-state index contributed by atoms with van der Waals surface area (Å²) in [5, 5.41) is 22.0. The molecular formula is C13H10N2O5S2. The third-order valence-corrected chi connectivity index (χ3v) is 6.18. The zero-order chi connectivity index (χ0) is 15.4. The Bertz CT molecular complexity index is 830. The number of aliphatic hydroxyl groups excluding tert-OH is 1. The number of hydrogen-bond acceptors (Lipinski definition) is 7. The molecule has 0 radical (unpaired) electrons. The molecule has 2 aliphatic rings. The van der Waals surface area contributed by atoms with Gasteiger partial charge < -0.3 is 14.8 Å². The van der Waals surface area contributed by atoms with Crippen molar-refractivity contribution < 1.29 is 14.8 Å². The number of nitrogens with zero attached hydrogens (tertiary/aromatic N) is 1. The number of H-pyrrole nitrogens is 1. The average molecular weight is 338 g/mol. The zero-order valence-electron chi connectivity index (χ0n) is 11.0. The van der Waals surface area contributed by atoms with Crippen molar-refractivity contribution in [1.29, 1.82) is 0 Å². The molecule has 2 aromatic rings.